The number of benzene rings is 3. The van der Waals surface area contributed by atoms with Crippen molar-refractivity contribution in [2.75, 3.05) is 10.6 Å². The Morgan fingerprint density at radius 1 is 0.714 bits per heavy atom. The van der Waals surface area contributed by atoms with E-state index in [1.165, 1.54) is 60.7 Å². The second kappa shape index (κ2) is 11.1. The van der Waals surface area contributed by atoms with E-state index in [2.05, 4.69) is 10.6 Å². The smallest absolute Gasteiger partial charge is 0.270 e. The van der Waals surface area contributed by atoms with Gasteiger partial charge in [0.05, 0.1) is 21.2 Å². The molecule has 0 unspecified atom stereocenters. The van der Waals surface area contributed by atoms with Crippen LogP contribution in [0.2, 0.25) is 0 Å². The number of nitro benzene ring substituents is 2. The molecule has 0 aliphatic rings. The number of nitro groups is 2. The second-order valence-electron chi connectivity index (χ2n) is 7.40. The van der Waals surface area contributed by atoms with Gasteiger partial charge in [0.15, 0.2) is 0 Å². The van der Waals surface area contributed by atoms with Crippen LogP contribution in [0.4, 0.5) is 22.7 Å². The topological polar surface area (TPSA) is 144 Å². The van der Waals surface area contributed by atoms with Crippen LogP contribution in [0.1, 0.15) is 16.7 Å². The van der Waals surface area contributed by atoms with E-state index in [0.29, 0.717) is 22.5 Å². The van der Waals surface area contributed by atoms with E-state index in [1.54, 1.807) is 30.3 Å². The van der Waals surface area contributed by atoms with Gasteiger partial charge in [-0.1, -0.05) is 30.3 Å². The van der Waals surface area contributed by atoms with E-state index in [9.17, 15) is 29.8 Å². The van der Waals surface area contributed by atoms with Crippen molar-refractivity contribution in [2.45, 2.75) is 6.92 Å². The lowest BCUT2D eigenvalue weighted by atomic mass is 10.1. The summed E-state index contributed by atoms with van der Waals surface area (Å²) in [5.41, 5.74) is 2.34. The van der Waals surface area contributed by atoms with Gasteiger partial charge < -0.3 is 10.6 Å². The number of nitrogens with one attached hydrogen (secondary N) is 2. The molecule has 176 valence electrons. The quantitative estimate of drug-likeness (QED) is 0.265. The summed E-state index contributed by atoms with van der Waals surface area (Å²) in [6, 6.07) is 16.8. The molecule has 0 saturated heterocycles. The Labute approximate surface area is 199 Å². The summed E-state index contributed by atoms with van der Waals surface area (Å²) >= 11 is 0. The summed E-state index contributed by atoms with van der Waals surface area (Å²) < 4.78 is 0. The molecule has 0 aliphatic heterocycles. The highest BCUT2D eigenvalue weighted by atomic mass is 16.6. The number of nitrogens with zero attached hydrogens (tertiary/aromatic N) is 2. The third-order valence-corrected chi connectivity index (χ3v) is 4.71. The van der Waals surface area contributed by atoms with Crippen LogP contribution >= 0.6 is 0 Å². The number of anilines is 2. The van der Waals surface area contributed by atoms with Crippen LogP contribution in [0, 0.1) is 27.2 Å². The fourth-order valence-electron chi connectivity index (χ4n) is 3.05. The lowest BCUT2D eigenvalue weighted by Crippen LogP contribution is -2.14. The minimum Gasteiger partial charge on any atom is -0.321 e. The zero-order valence-corrected chi connectivity index (χ0v) is 18.5. The maximum atomic E-state index is 12.4. The SMILES string of the molecule is Cc1ccc(NC(=O)/C=C/c2cccc([N+](=O)[O-])c2)c(NC(=O)/C=C/c2cccc([N+](=O)[O-])c2)c1. The summed E-state index contributed by atoms with van der Waals surface area (Å²) in [6.45, 7) is 1.82. The van der Waals surface area contributed by atoms with Gasteiger partial charge in [-0.2, -0.15) is 0 Å². The minimum absolute atomic E-state index is 0.0885. The molecule has 2 N–H and O–H groups in total. The van der Waals surface area contributed by atoms with Gasteiger partial charge in [-0.25, -0.2) is 0 Å². The average molecular weight is 472 g/mol. The van der Waals surface area contributed by atoms with Crippen molar-refractivity contribution in [1.29, 1.82) is 0 Å². The molecule has 0 saturated carbocycles. The number of carbonyl (C=O) groups is 2. The monoisotopic (exact) mass is 472 g/mol. The van der Waals surface area contributed by atoms with Gasteiger partial charge in [-0.05, 0) is 47.9 Å². The standard InChI is InChI=1S/C25H20N4O6/c1-17-8-11-22(26-24(30)12-9-18-4-2-6-20(15-18)28(32)33)23(14-17)27-25(31)13-10-19-5-3-7-21(16-19)29(34)35/h2-16H,1H3,(H,26,30)(H,27,31)/b12-9+,13-10+. The van der Waals surface area contributed by atoms with Crippen LogP contribution in [-0.2, 0) is 9.59 Å². The molecule has 10 nitrogen and oxygen atoms in total. The first kappa shape index (κ1) is 24.5. The van der Waals surface area contributed by atoms with E-state index >= 15 is 0 Å². The van der Waals surface area contributed by atoms with E-state index in [1.807, 2.05) is 6.92 Å². The fraction of sp³-hybridized carbons (Fsp3) is 0.0400. The van der Waals surface area contributed by atoms with Crippen molar-refractivity contribution in [3.05, 3.63) is 116 Å². The average Bonchev–Trinajstić information content (AvgIpc) is 2.83. The summed E-state index contributed by atoms with van der Waals surface area (Å²) in [6.07, 6.45) is 5.34. The molecule has 3 aromatic rings. The van der Waals surface area contributed by atoms with Gasteiger partial charge in [-0.3, -0.25) is 29.8 Å². The summed E-state index contributed by atoms with van der Waals surface area (Å²) in [5.74, 6) is -0.993. The second-order valence-corrected chi connectivity index (χ2v) is 7.40. The highest BCUT2D eigenvalue weighted by Gasteiger charge is 2.09. The Hall–Kier alpha value is -5.12. The molecule has 35 heavy (non-hydrogen) atoms. The van der Waals surface area contributed by atoms with Crippen LogP contribution in [0.25, 0.3) is 12.2 Å². The number of hydrogen-bond donors (Lipinski definition) is 2. The fourth-order valence-corrected chi connectivity index (χ4v) is 3.05. The van der Waals surface area contributed by atoms with E-state index in [-0.39, 0.29) is 11.4 Å². The lowest BCUT2D eigenvalue weighted by Gasteiger charge is -2.11. The Kier molecular flexibility index (Phi) is 7.81. The van der Waals surface area contributed by atoms with Crippen molar-refractivity contribution in [2.24, 2.45) is 0 Å². The van der Waals surface area contributed by atoms with E-state index < -0.39 is 21.7 Å². The van der Waals surface area contributed by atoms with Crippen LogP contribution in [0.3, 0.4) is 0 Å². The summed E-state index contributed by atoms with van der Waals surface area (Å²) in [4.78, 5) is 45.6. The first-order valence-electron chi connectivity index (χ1n) is 10.3. The molecule has 0 radical (unpaired) electrons. The Morgan fingerprint density at radius 3 is 1.69 bits per heavy atom. The van der Waals surface area contributed by atoms with E-state index in [0.717, 1.165) is 5.56 Å². The Morgan fingerprint density at radius 2 is 1.20 bits per heavy atom. The van der Waals surface area contributed by atoms with Gasteiger partial charge in [0.1, 0.15) is 0 Å². The van der Waals surface area contributed by atoms with Crippen molar-refractivity contribution < 1.29 is 19.4 Å². The van der Waals surface area contributed by atoms with Crippen LogP contribution in [0.5, 0.6) is 0 Å². The van der Waals surface area contributed by atoms with Crippen LogP contribution in [-0.4, -0.2) is 21.7 Å². The third-order valence-electron chi connectivity index (χ3n) is 4.71. The Balaban J connectivity index is 1.70. The highest BCUT2D eigenvalue weighted by molar-refractivity contribution is 6.08. The largest absolute Gasteiger partial charge is 0.321 e. The predicted molar refractivity (Wildman–Crippen MR) is 133 cm³/mol. The van der Waals surface area contributed by atoms with Crippen molar-refractivity contribution in [1.82, 2.24) is 0 Å². The molecule has 3 aromatic carbocycles. The first-order chi connectivity index (χ1) is 16.7. The Bertz CT molecular complexity index is 1360. The number of aryl methyl sites for hydroxylation is 1. The lowest BCUT2D eigenvalue weighted by molar-refractivity contribution is -0.385. The predicted octanol–water partition coefficient (Wildman–Crippen LogP) is 5.12. The first-order valence-corrected chi connectivity index (χ1v) is 10.3. The molecule has 0 heterocycles. The molecule has 0 fully saturated rings. The number of rotatable bonds is 8. The molecular formula is C25H20N4O6. The van der Waals surface area contributed by atoms with Gasteiger partial charge in [0.2, 0.25) is 11.8 Å². The van der Waals surface area contributed by atoms with E-state index in [4.69, 9.17) is 0 Å². The maximum absolute atomic E-state index is 12.4. The van der Waals surface area contributed by atoms with Crippen molar-refractivity contribution in [3.63, 3.8) is 0 Å². The van der Waals surface area contributed by atoms with Crippen LogP contribution < -0.4 is 10.6 Å². The molecule has 2 amide bonds. The number of amides is 2. The molecule has 10 heteroatoms. The third kappa shape index (κ3) is 7.19. The van der Waals surface area contributed by atoms with Gasteiger partial charge >= 0.3 is 0 Å². The van der Waals surface area contributed by atoms with Gasteiger partial charge in [-0.15, -0.1) is 0 Å². The van der Waals surface area contributed by atoms with Gasteiger partial charge in [0, 0.05) is 36.4 Å². The number of non-ortho nitro benzene ring substituents is 2. The van der Waals surface area contributed by atoms with Crippen molar-refractivity contribution in [3.8, 4) is 0 Å². The number of carbonyl (C=O) groups excluding carboxylic acids is 2. The maximum Gasteiger partial charge on any atom is 0.270 e. The number of hydrogen-bond acceptors (Lipinski definition) is 6. The molecule has 0 bridgehead atoms. The van der Waals surface area contributed by atoms with Crippen molar-refractivity contribution >= 4 is 46.7 Å². The highest BCUT2D eigenvalue weighted by Crippen LogP contribution is 2.24. The molecular weight excluding hydrogens is 452 g/mol. The van der Waals surface area contributed by atoms with Gasteiger partial charge in [0.25, 0.3) is 11.4 Å². The summed E-state index contributed by atoms with van der Waals surface area (Å²) in [5, 5.41) is 27.1. The zero-order chi connectivity index (χ0) is 25.4. The van der Waals surface area contributed by atoms with Crippen LogP contribution in [0.15, 0.2) is 78.9 Å². The normalized spacial score (nSPS) is 10.9. The minimum atomic E-state index is -0.522. The molecule has 0 spiro atoms. The zero-order valence-electron chi connectivity index (χ0n) is 18.5. The molecule has 0 aliphatic carbocycles. The molecule has 3 rings (SSSR count). The molecule has 0 atom stereocenters. The summed E-state index contributed by atoms with van der Waals surface area (Å²) in [7, 11) is 0. The molecule has 0 aromatic heterocycles.